The first kappa shape index (κ1) is 14.8. The number of nitrogens with zero attached hydrogens (tertiary/aromatic N) is 2. The third-order valence-electron chi connectivity index (χ3n) is 4.58. The number of amides is 1. The predicted octanol–water partition coefficient (Wildman–Crippen LogP) is 1.59. The van der Waals surface area contributed by atoms with E-state index in [1.54, 1.807) is 0 Å². The molecule has 2 N–H and O–H groups in total. The maximum atomic E-state index is 12.3. The van der Waals surface area contributed by atoms with Crippen LogP contribution in [0.25, 0.3) is 0 Å². The van der Waals surface area contributed by atoms with Gasteiger partial charge in [0, 0.05) is 19.1 Å². The molecule has 2 aliphatic rings. The van der Waals surface area contributed by atoms with Crippen molar-refractivity contribution in [1.82, 2.24) is 9.80 Å². The van der Waals surface area contributed by atoms with Crippen molar-refractivity contribution in [2.75, 3.05) is 26.2 Å². The first-order chi connectivity index (χ1) is 9.22. The van der Waals surface area contributed by atoms with Crippen molar-refractivity contribution in [1.29, 1.82) is 0 Å². The zero-order valence-electron chi connectivity index (χ0n) is 12.3. The fraction of sp³-hybridized carbons (Fsp3) is 0.933. The third kappa shape index (κ3) is 3.93. The fourth-order valence-electron chi connectivity index (χ4n) is 3.44. The minimum atomic E-state index is -0.284. The second-order valence-electron chi connectivity index (χ2n) is 6.05. The summed E-state index contributed by atoms with van der Waals surface area (Å²) in [6, 6.07) is 0.413. The molecular weight excluding hydrogens is 238 g/mol. The lowest BCUT2D eigenvalue weighted by molar-refractivity contribution is -0.132. The monoisotopic (exact) mass is 267 g/mol. The Labute approximate surface area is 117 Å². The lowest BCUT2D eigenvalue weighted by Gasteiger charge is -2.27. The van der Waals surface area contributed by atoms with Gasteiger partial charge in [-0.2, -0.15) is 0 Å². The van der Waals surface area contributed by atoms with Crippen molar-refractivity contribution in [3.05, 3.63) is 0 Å². The Kier molecular flexibility index (Phi) is 5.64. The van der Waals surface area contributed by atoms with Gasteiger partial charge in [-0.1, -0.05) is 13.3 Å². The molecule has 0 aromatic heterocycles. The molecule has 2 aliphatic heterocycles. The summed E-state index contributed by atoms with van der Waals surface area (Å²) in [5.74, 6) is 0.170. The zero-order valence-corrected chi connectivity index (χ0v) is 12.3. The van der Waals surface area contributed by atoms with Crippen LogP contribution in [0.4, 0.5) is 0 Å². The molecule has 2 heterocycles. The second-order valence-corrected chi connectivity index (χ2v) is 6.05. The van der Waals surface area contributed by atoms with Gasteiger partial charge in [-0.25, -0.2) is 0 Å². The van der Waals surface area contributed by atoms with Crippen molar-refractivity contribution < 1.29 is 4.79 Å². The van der Waals surface area contributed by atoms with E-state index < -0.39 is 0 Å². The maximum absolute atomic E-state index is 12.3. The molecule has 4 heteroatoms. The number of carbonyl (C=O) groups excluding carboxylic acids is 1. The largest absolute Gasteiger partial charge is 0.341 e. The molecule has 2 saturated heterocycles. The molecule has 4 nitrogen and oxygen atoms in total. The molecule has 2 unspecified atom stereocenters. The van der Waals surface area contributed by atoms with E-state index in [4.69, 9.17) is 5.73 Å². The van der Waals surface area contributed by atoms with E-state index in [9.17, 15) is 4.79 Å². The van der Waals surface area contributed by atoms with Gasteiger partial charge in [0.2, 0.25) is 5.91 Å². The lowest BCUT2D eigenvalue weighted by Crippen LogP contribution is -2.44. The molecular formula is C15H29N3O. The number of carbonyl (C=O) groups is 1. The van der Waals surface area contributed by atoms with Crippen LogP contribution in [0.15, 0.2) is 0 Å². The van der Waals surface area contributed by atoms with E-state index in [0.29, 0.717) is 6.04 Å². The highest BCUT2D eigenvalue weighted by molar-refractivity contribution is 5.81. The summed E-state index contributed by atoms with van der Waals surface area (Å²) in [4.78, 5) is 16.9. The first-order valence-electron chi connectivity index (χ1n) is 8.00. The Bertz CT molecular complexity index is 289. The second kappa shape index (κ2) is 7.25. The van der Waals surface area contributed by atoms with Crippen LogP contribution in [-0.4, -0.2) is 54.0 Å². The number of hydrogen-bond donors (Lipinski definition) is 1. The molecule has 0 radical (unpaired) electrons. The molecule has 0 aliphatic carbocycles. The zero-order chi connectivity index (χ0) is 13.7. The van der Waals surface area contributed by atoms with Gasteiger partial charge < -0.3 is 15.5 Å². The average Bonchev–Trinajstić information content (AvgIpc) is 2.83. The average molecular weight is 267 g/mol. The molecule has 110 valence electrons. The van der Waals surface area contributed by atoms with E-state index in [0.717, 1.165) is 38.8 Å². The van der Waals surface area contributed by atoms with Crippen LogP contribution in [0.1, 0.15) is 51.9 Å². The maximum Gasteiger partial charge on any atom is 0.239 e. The van der Waals surface area contributed by atoms with Crippen LogP contribution < -0.4 is 5.73 Å². The number of rotatable bonds is 4. The summed E-state index contributed by atoms with van der Waals surface area (Å²) in [6.45, 7) is 6.40. The van der Waals surface area contributed by atoms with E-state index in [-0.39, 0.29) is 11.9 Å². The molecule has 0 bridgehead atoms. The highest BCUT2D eigenvalue weighted by atomic mass is 16.2. The summed E-state index contributed by atoms with van der Waals surface area (Å²) in [5, 5.41) is 0. The minimum absolute atomic E-state index is 0.170. The van der Waals surface area contributed by atoms with Crippen LogP contribution in [0.2, 0.25) is 0 Å². The summed E-state index contributed by atoms with van der Waals surface area (Å²) in [5.41, 5.74) is 5.96. The molecule has 2 rings (SSSR count). The Hall–Kier alpha value is -0.610. The first-order valence-corrected chi connectivity index (χ1v) is 8.00. The van der Waals surface area contributed by atoms with E-state index in [2.05, 4.69) is 11.8 Å². The highest BCUT2D eigenvalue weighted by Crippen LogP contribution is 2.21. The highest BCUT2D eigenvalue weighted by Gasteiger charge is 2.27. The van der Waals surface area contributed by atoms with Crippen molar-refractivity contribution in [3.63, 3.8) is 0 Å². The molecule has 2 fully saturated rings. The van der Waals surface area contributed by atoms with Crippen LogP contribution in [0.5, 0.6) is 0 Å². The van der Waals surface area contributed by atoms with Crippen LogP contribution in [0.3, 0.4) is 0 Å². The quantitative estimate of drug-likeness (QED) is 0.841. The van der Waals surface area contributed by atoms with E-state index >= 15 is 0 Å². The smallest absolute Gasteiger partial charge is 0.239 e. The van der Waals surface area contributed by atoms with Crippen LogP contribution in [-0.2, 0) is 4.79 Å². The van der Waals surface area contributed by atoms with E-state index in [1.807, 2.05) is 4.90 Å². The number of hydrogen-bond acceptors (Lipinski definition) is 3. The van der Waals surface area contributed by atoms with Gasteiger partial charge in [0.25, 0.3) is 0 Å². The number of likely N-dealkylation sites (tertiary alicyclic amines) is 2. The van der Waals surface area contributed by atoms with Gasteiger partial charge in [0.1, 0.15) is 0 Å². The molecule has 0 aromatic carbocycles. The summed E-state index contributed by atoms with van der Waals surface area (Å²) in [7, 11) is 0. The summed E-state index contributed by atoms with van der Waals surface area (Å²) < 4.78 is 0. The predicted molar refractivity (Wildman–Crippen MR) is 77.9 cm³/mol. The van der Waals surface area contributed by atoms with Crippen molar-refractivity contribution in [2.24, 2.45) is 5.73 Å². The molecule has 0 spiro atoms. The number of nitrogens with two attached hydrogens (primary N) is 1. The van der Waals surface area contributed by atoms with E-state index in [1.165, 1.54) is 32.4 Å². The molecule has 1 amide bonds. The van der Waals surface area contributed by atoms with Gasteiger partial charge in [0.05, 0.1) is 6.04 Å². The van der Waals surface area contributed by atoms with Gasteiger partial charge in [-0.15, -0.1) is 0 Å². The van der Waals surface area contributed by atoms with Crippen molar-refractivity contribution in [2.45, 2.75) is 64.0 Å². The third-order valence-corrected chi connectivity index (χ3v) is 4.58. The van der Waals surface area contributed by atoms with Gasteiger partial charge in [-0.3, -0.25) is 4.79 Å². The lowest BCUT2D eigenvalue weighted by atomic mass is 10.1. The Balaban J connectivity index is 1.83. The van der Waals surface area contributed by atoms with Crippen LogP contribution in [0, 0.1) is 0 Å². The molecule has 0 saturated carbocycles. The minimum Gasteiger partial charge on any atom is -0.341 e. The summed E-state index contributed by atoms with van der Waals surface area (Å²) in [6.07, 6.45) is 7.99. The van der Waals surface area contributed by atoms with Crippen molar-refractivity contribution in [3.8, 4) is 0 Å². The van der Waals surface area contributed by atoms with Crippen LogP contribution >= 0.6 is 0 Å². The fourth-order valence-corrected chi connectivity index (χ4v) is 3.44. The molecule has 2 atom stereocenters. The Morgan fingerprint density at radius 2 is 1.89 bits per heavy atom. The standard InChI is InChI=1S/C15H29N3O/c1-2-6-14(16)15(19)18-11-5-7-13(8-12-18)17-9-3-4-10-17/h13-14H,2-12,16H2,1H3. The molecule has 19 heavy (non-hydrogen) atoms. The normalized spacial score (nSPS) is 27.3. The Morgan fingerprint density at radius 1 is 1.16 bits per heavy atom. The molecule has 0 aromatic rings. The summed E-state index contributed by atoms with van der Waals surface area (Å²) >= 11 is 0. The van der Waals surface area contributed by atoms with Gasteiger partial charge in [-0.05, 0) is 51.6 Å². The van der Waals surface area contributed by atoms with Crippen molar-refractivity contribution >= 4 is 5.91 Å². The SMILES string of the molecule is CCCC(N)C(=O)N1CCCC(N2CCCC2)CC1. The Morgan fingerprint density at radius 3 is 2.58 bits per heavy atom. The van der Waals surface area contributed by atoms with Gasteiger partial charge in [0.15, 0.2) is 0 Å². The topological polar surface area (TPSA) is 49.6 Å². The van der Waals surface area contributed by atoms with Gasteiger partial charge >= 0.3 is 0 Å².